The van der Waals surface area contributed by atoms with Crippen molar-refractivity contribution < 1.29 is 4.74 Å². The standard InChI is InChI=1S/C24H18N2O2S2/c27-23-19-13-7-8-14-20(19)26-22(21(30-24(26)29)17-9-3-1-4-10-17)25(23)15-16-28-18-11-5-2-6-12-18/h1-14H,15-16H2. The average Bonchev–Trinajstić information content (AvgIpc) is 3.14. The summed E-state index contributed by atoms with van der Waals surface area (Å²) in [6.45, 7) is 0.808. The molecule has 5 aromatic rings. The van der Waals surface area contributed by atoms with Crippen LogP contribution in [0.3, 0.4) is 0 Å². The van der Waals surface area contributed by atoms with Crippen LogP contribution in [0.25, 0.3) is 27.0 Å². The third kappa shape index (κ3) is 3.24. The molecular weight excluding hydrogens is 412 g/mol. The molecule has 0 spiro atoms. The topological polar surface area (TPSA) is 35.6 Å². The van der Waals surface area contributed by atoms with Crippen LogP contribution in [0.2, 0.25) is 0 Å². The molecule has 0 aliphatic rings. The predicted octanol–water partition coefficient (Wildman–Crippen LogP) is 5.79. The molecule has 0 N–H and O–H groups in total. The molecular formula is C24H18N2O2S2. The van der Waals surface area contributed by atoms with Crippen LogP contribution in [-0.4, -0.2) is 15.6 Å². The Morgan fingerprint density at radius 1 is 0.867 bits per heavy atom. The van der Waals surface area contributed by atoms with E-state index in [0.29, 0.717) is 18.5 Å². The summed E-state index contributed by atoms with van der Waals surface area (Å²) in [4.78, 5) is 14.4. The number of hydrogen-bond acceptors (Lipinski definition) is 4. The molecule has 0 saturated carbocycles. The van der Waals surface area contributed by atoms with E-state index < -0.39 is 0 Å². The van der Waals surface area contributed by atoms with Gasteiger partial charge in [-0.1, -0.05) is 60.7 Å². The van der Waals surface area contributed by atoms with Crippen LogP contribution in [0, 0.1) is 3.95 Å². The molecule has 2 heterocycles. The lowest BCUT2D eigenvalue weighted by molar-refractivity contribution is 0.298. The first-order valence-electron chi connectivity index (χ1n) is 9.64. The van der Waals surface area contributed by atoms with Crippen molar-refractivity contribution in [3.8, 4) is 16.2 Å². The molecule has 148 valence electrons. The van der Waals surface area contributed by atoms with E-state index in [-0.39, 0.29) is 5.56 Å². The highest BCUT2D eigenvalue weighted by Gasteiger charge is 2.18. The number of hydrogen-bond donors (Lipinski definition) is 0. The maximum atomic E-state index is 13.4. The zero-order chi connectivity index (χ0) is 20.5. The van der Waals surface area contributed by atoms with Gasteiger partial charge < -0.3 is 4.74 Å². The number of para-hydroxylation sites is 2. The number of nitrogens with zero attached hydrogens (tertiary/aromatic N) is 2. The summed E-state index contributed by atoms with van der Waals surface area (Å²) in [6, 6.07) is 27.3. The Kier molecular flexibility index (Phi) is 4.94. The summed E-state index contributed by atoms with van der Waals surface area (Å²) < 4.78 is 10.4. The number of ether oxygens (including phenoxy) is 1. The van der Waals surface area contributed by atoms with Crippen LogP contribution < -0.4 is 10.3 Å². The Hall–Kier alpha value is -3.22. The van der Waals surface area contributed by atoms with Gasteiger partial charge in [-0.15, -0.1) is 11.3 Å². The van der Waals surface area contributed by atoms with Gasteiger partial charge in [0.25, 0.3) is 5.56 Å². The number of aromatic nitrogens is 2. The molecule has 0 fully saturated rings. The van der Waals surface area contributed by atoms with Gasteiger partial charge >= 0.3 is 0 Å². The third-order valence-corrected chi connectivity index (χ3v) is 6.44. The lowest BCUT2D eigenvalue weighted by atomic mass is 10.2. The van der Waals surface area contributed by atoms with Crippen LogP contribution in [0.4, 0.5) is 0 Å². The largest absolute Gasteiger partial charge is 0.492 e. The molecule has 0 aliphatic carbocycles. The van der Waals surface area contributed by atoms with Gasteiger partial charge in [0.1, 0.15) is 18.0 Å². The van der Waals surface area contributed by atoms with Crippen molar-refractivity contribution in [1.29, 1.82) is 0 Å². The Morgan fingerprint density at radius 3 is 2.30 bits per heavy atom. The summed E-state index contributed by atoms with van der Waals surface area (Å²) in [5.41, 5.74) is 2.66. The van der Waals surface area contributed by atoms with E-state index in [1.54, 1.807) is 4.57 Å². The molecule has 4 nitrogen and oxygen atoms in total. The molecule has 6 heteroatoms. The summed E-state index contributed by atoms with van der Waals surface area (Å²) in [5, 5.41) is 0.651. The average molecular weight is 431 g/mol. The van der Waals surface area contributed by atoms with Gasteiger partial charge in [0.05, 0.1) is 22.3 Å². The second-order valence-corrected chi connectivity index (χ2v) is 8.50. The molecule has 3 aromatic carbocycles. The number of thiazole rings is 1. The van der Waals surface area contributed by atoms with Gasteiger partial charge in [-0.05, 0) is 42.0 Å². The maximum Gasteiger partial charge on any atom is 0.261 e. The lowest BCUT2D eigenvalue weighted by Gasteiger charge is -2.14. The monoisotopic (exact) mass is 430 g/mol. The third-order valence-electron chi connectivity index (χ3n) is 5.03. The minimum atomic E-state index is -0.0350. The fourth-order valence-corrected chi connectivity index (χ4v) is 5.10. The molecule has 5 rings (SSSR count). The minimum Gasteiger partial charge on any atom is -0.492 e. The van der Waals surface area contributed by atoms with Gasteiger partial charge in [-0.3, -0.25) is 13.8 Å². The van der Waals surface area contributed by atoms with Crippen molar-refractivity contribution in [2.75, 3.05) is 6.61 Å². The van der Waals surface area contributed by atoms with Crippen molar-refractivity contribution in [2.45, 2.75) is 6.54 Å². The number of benzene rings is 3. The first kappa shape index (κ1) is 18.8. The zero-order valence-corrected chi connectivity index (χ0v) is 17.7. The molecule has 0 aliphatic heterocycles. The van der Waals surface area contributed by atoms with Crippen molar-refractivity contribution in [2.24, 2.45) is 0 Å². The SMILES string of the molecule is O=c1c2ccccc2n2c(=S)sc(-c3ccccc3)c2n1CCOc1ccccc1. The summed E-state index contributed by atoms with van der Waals surface area (Å²) in [7, 11) is 0. The van der Waals surface area contributed by atoms with E-state index in [4.69, 9.17) is 17.0 Å². The van der Waals surface area contributed by atoms with Crippen LogP contribution in [0.15, 0.2) is 89.7 Å². The Balaban J connectivity index is 1.71. The molecule has 0 bridgehead atoms. The highest BCUT2D eigenvalue weighted by molar-refractivity contribution is 7.73. The summed E-state index contributed by atoms with van der Waals surface area (Å²) in [6.07, 6.45) is 0. The quantitative estimate of drug-likeness (QED) is 0.331. The molecule has 0 atom stereocenters. The maximum absolute atomic E-state index is 13.4. The predicted molar refractivity (Wildman–Crippen MR) is 125 cm³/mol. The van der Waals surface area contributed by atoms with Gasteiger partial charge in [0.2, 0.25) is 0 Å². The molecule has 2 aromatic heterocycles. The number of fused-ring (bicyclic) bond motifs is 3. The van der Waals surface area contributed by atoms with Crippen molar-refractivity contribution in [3.05, 3.63) is 99.2 Å². The van der Waals surface area contributed by atoms with Crippen molar-refractivity contribution in [1.82, 2.24) is 8.97 Å². The van der Waals surface area contributed by atoms with Crippen molar-refractivity contribution in [3.63, 3.8) is 0 Å². The fraction of sp³-hybridized carbons (Fsp3) is 0.0833. The Bertz CT molecular complexity index is 1450. The van der Waals surface area contributed by atoms with E-state index in [1.807, 2.05) is 89.3 Å². The highest BCUT2D eigenvalue weighted by atomic mass is 32.1. The van der Waals surface area contributed by atoms with E-state index in [2.05, 4.69) is 0 Å². The first-order chi connectivity index (χ1) is 14.7. The van der Waals surface area contributed by atoms with Crippen LogP contribution in [0.5, 0.6) is 5.75 Å². The van der Waals surface area contributed by atoms with Crippen LogP contribution in [-0.2, 0) is 6.54 Å². The van der Waals surface area contributed by atoms with Gasteiger partial charge in [-0.25, -0.2) is 0 Å². The van der Waals surface area contributed by atoms with E-state index in [0.717, 1.165) is 31.3 Å². The van der Waals surface area contributed by atoms with Gasteiger partial charge in [0.15, 0.2) is 3.95 Å². The minimum absolute atomic E-state index is 0.0350. The fourth-order valence-electron chi connectivity index (χ4n) is 3.67. The molecule has 0 unspecified atom stereocenters. The van der Waals surface area contributed by atoms with Gasteiger partial charge in [-0.2, -0.15) is 0 Å². The van der Waals surface area contributed by atoms with Crippen LogP contribution >= 0.6 is 23.6 Å². The normalized spacial score (nSPS) is 11.2. The highest BCUT2D eigenvalue weighted by Crippen LogP contribution is 2.33. The Morgan fingerprint density at radius 2 is 1.53 bits per heavy atom. The van der Waals surface area contributed by atoms with Gasteiger partial charge in [0, 0.05) is 0 Å². The van der Waals surface area contributed by atoms with Crippen molar-refractivity contribution >= 4 is 40.1 Å². The summed E-state index contributed by atoms with van der Waals surface area (Å²) >= 11 is 7.25. The van der Waals surface area contributed by atoms with E-state index >= 15 is 0 Å². The Labute approximate surface area is 182 Å². The lowest BCUT2D eigenvalue weighted by Crippen LogP contribution is -2.25. The van der Waals surface area contributed by atoms with E-state index in [1.165, 1.54) is 11.3 Å². The molecule has 0 radical (unpaired) electrons. The molecule has 0 amide bonds. The molecule has 30 heavy (non-hydrogen) atoms. The van der Waals surface area contributed by atoms with Crippen LogP contribution in [0.1, 0.15) is 0 Å². The van der Waals surface area contributed by atoms with E-state index in [9.17, 15) is 4.79 Å². The number of rotatable bonds is 5. The second kappa shape index (κ2) is 7.89. The molecule has 0 saturated heterocycles. The first-order valence-corrected chi connectivity index (χ1v) is 10.9. The second-order valence-electron chi connectivity index (χ2n) is 6.86. The zero-order valence-electron chi connectivity index (χ0n) is 16.0. The summed E-state index contributed by atoms with van der Waals surface area (Å²) in [5.74, 6) is 0.785. The smallest absolute Gasteiger partial charge is 0.261 e.